The summed E-state index contributed by atoms with van der Waals surface area (Å²) < 4.78 is 0. The Balaban J connectivity index is 1.65. The van der Waals surface area contributed by atoms with Gasteiger partial charge in [0.1, 0.15) is 5.78 Å². The minimum Gasteiger partial charge on any atom is -0.393 e. The molecule has 0 aromatic heterocycles. The Kier molecular flexibility index (Phi) is 5.96. The van der Waals surface area contributed by atoms with Gasteiger partial charge in [0.05, 0.1) is 6.10 Å². The van der Waals surface area contributed by atoms with Crippen LogP contribution in [0.15, 0.2) is 23.3 Å². The van der Waals surface area contributed by atoms with Gasteiger partial charge in [-0.3, -0.25) is 9.59 Å². The van der Waals surface area contributed by atoms with E-state index in [9.17, 15) is 14.7 Å². The molecule has 0 bridgehead atoms. The van der Waals surface area contributed by atoms with Crippen molar-refractivity contribution in [2.45, 2.75) is 112 Å². The number of fused-ring (bicyclic) bond motifs is 2. The summed E-state index contributed by atoms with van der Waals surface area (Å²) in [6.07, 6.45) is 7.77. The molecule has 3 nitrogen and oxygen atoms in total. The third-order valence-corrected chi connectivity index (χ3v) is 11.4. The van der Waals surface area contributed by atoms with E-state index >= 15 is 0 Å². The van der Waals surface area contributed by atoms with Gasteiger partial charge in [0.2, 0.25) is 0 Å². The molecule has 0 amide bonds. The Morgan fingerprint density at radius 2 is 1.64 bits per heavy atom. The van der Waals surface area contributed by atoms with E-state index in [-0.39, 0.29) is 34.1 Å². The Labute approximate surface area is 201 Å². The van der Waals surface area contributed by atoms with Crippen LogP contribution < -0.4 is 0 Å². The van der Waals surface area contributed by atoms with Crippen LogP contribution in [0.5, 0.6) is 0 Å². The molecule has 0 unspecified atom stereocenters. The van der Waals surface area contributed by atoms with Crippen molar-refractivity contribution >= 4 is 11.6 Å². The van der Waals surface area contributed by atoms with Gasteiger partial charge in [0.25, 0.3) is 0 Å². The molecule has 4 aliphatic rings. The van der Waals surface area contributed by atoms with Crippen LogP contribution >= 0.6 is 0 Å². The molecule has 3 fully saturated rings. The molecule has 4 rings (SSSR count). The molecule has 0 saturated heterocycles. The second-order valence-electron chi connectivity index (χ2n) is 13.6. The number of hydrogen-bond acceptors (Lipinski definition) is 3. The first-order chi connectivity index (χ1) is 15.2. The normalized spacial score (nSPS) is 42.7. The highest BCUT2D eigenvalue weighted by molar-refractivity contribution is 5.98. The molecule has 0 radical (unpaired) electrons. The Bertz CT molecular complexity index is 906. The molecule has 0 spiro atoms. The van der Waals surface area contributed by atoms with E-state index in [4.69, 9.17) is 0 Å². The fourth-order valence-electron chi connectivity index (χ4n) is 9.10. The molecule has 6 atom stereocenters. The van der Waals surface area contributed by atoms with Gasteiger partial charge in [0.15, 0.2) is 5.78 Å². The lowest BCUT2D eigenvalue weighted by Crippen LogP contribution is -2.55. The maximum Gasteiger partial charge on any atom is 0.158 e. The first-order valence-corrected chi connectivity index (χ1v) is 13.3. The van der Waals surface area contributed by atoms with E-state index in [2.05, 4.69) is 48.1 Å². The zero-order valence-electron chi connectivity index (χ0n) is 22.1. The van der Waals surface area contributed by atoms with Gasteiger partial charge in [-0.1, -0.05) is 59.3 Å². The first kappa shape index (κ1) is 24.9. The lowest BCUT2D eigenvalue weighted by Gasteiger charge is -2.60. The van der Waals surface area contributed by atoms with Crippen LogP contribution in [0, 0.1) is 39.4 Å². The monoisotopic (exact) mass is 454 g/mol. The average Bonchev–Trinajstić information content (AvgIpc) is 2.72. The van der Waals surface area contributed by atoms with E-state index in [1.54, 1.807) is 0 Å². The highest BCUT2D eigenvalue weighted by atomic mass is 16.3. The van der Waals surface area contributed by atoms with E-state index < -0.39 is 5.41 Å². The predicted octanol–water partition coefficient (Wildman–Crippen LogP) is 6.84. The summed E-state index contributed by atoms with van der Waals surface area (Å²) in [5.74, 6) is 1.56. The van der Waals surface area contributed by atoms with Crippen LogP contribution in [0.1, 0.15) is 106 Å². The lowest BCUT2D eigenvalue weighted by atomic mass is 9.45. The van der Waals surface area contributed by atoms with Crippen molar-refractivity contribution in [2.24, 2.45) is 39.4 Å². The maximum absolute atomic E-state index is 13.1. The third-order valence-electron chi connectivity index (χ3n) is 11.4. The molecule has 3 heteroatoms. The fraction of sp³-hybridized carbons (Fsp3) is 0.800. The summed E-state index contributed by atoms with van der Waals surface area (Å²) in [6, 6.07) is 0. The highest BCUT2D eigenvalue weighted by Gasteiger charge is 2.57. The number of hydrogen-bond donors (Lipinski definition) is 1. The number of aliphatic hydroxyl groups excluding tert-OH is 1. The van der Waals surface area contributed by atoms with Crippen molar-refractivity contribution in [3.63, 3.8) is 0 Å². The summed E-state index contributed by atoms with van der Waals surface area (Å²) >= 11 is 0. The number of Topliss-reactive ketones (excluding diaryl/α,β-unsaturated/α-hetero) is 2. The summed E-state index contributed by atoms with van der Waals surface area (Å²) in [6.45, 7) is 20.0. The van der Waals surface area contributed by atoms with Crippen molar-refractivity contribution < 1.29 is 14.7 Å². The van der Waals surface area contributed by atoms with Crippen LogP contribution in [0.4, 0.5) is 0 Å². The molecular weight excluding hydrogens is 408 g/mol. The SMILES string of the molecule is C=C1CC[C@H]2C(C)(C)[C@@H](O)CC[C@]2(C)[C@H]1CCC1=C(C)C(=O)C[C@H]2C(C)(C)C(=O)CC[C@]12C. The van der Waals surface area contributed by atoms with Gasteiger partial charge in [-0.05, 0) is 91.4 Å². The Morgan fingerprint density at radius 3 is 2.30 bits per heavy atom. The quantitative estimate of drug-likeness (QED) is 0.475. The van der Waals surface area contributed by atoms with Gasteiger partial charge < -0.3 is 5.11 Å². The van der Waals surface area contributed by atoms with Crippen molar-refractivity contribution in [1.82, 2.24) is 0 Å². The first-order valence-electron chi connectivity index (χ1n) is 13.3. The molecule has 3 saturated carbocycles. The van der Waals surface area contributed by atoms with E-state index in [1.165, 1.54) is 11.1 Å². The van der Waals surface area contributed by atoms with Gasteiger partial charge in [-0.15, -0.1) is 0 Å². The number of carbonyl (C=O) groups excluding carboxylic acids is 2. The van der Waals surface area contributed by atoms with Gasteiger partial charge >= 0.3 is 0 Å². The van der Waals surface area contributed by atoms with Gasteiger partial charge in [-0.25, -0.2) is 0 Å². The van der Waals surface area contributed by atoms with Crippen LogP contribution in [-0.4, -0.2) is 22.8 Å². The third kappa shape index (κ3) is 3.55. The van der Waals surface area contributed by atoms with Crippen molar-refractivity contribution in [1.29, 1.82) is 0 Å². The molecule has 0 aromatic carbocycles. The number of rotatable bonds is 3. The molecule has 1 N–H and O–H groups in total. The topological polar surface area (TPSA) is 54.4 Å². The van der Waals surface area contributed by atoms with Gasteiger partial charge in [0, 0.05) is 18.3 Å². The minimum absolute atomic E-state index is 0.0757. The zero-order valence-corrected chi connectivity index (χ0v) is 22.1. The molecule has 0 aromatic rings. The smallest absolute Gasteiger partial charge is 0.158 e. The fourth-order valence-corrected chi connectivity index (χ4v) is 9.10. The second-order valence-corrected chi connectivity index (χ2v) is 13.6. The maximum atomic E-state index is 13.1. The summed E-state index contributed by atoms with van der Waals surface area (Å²) in [5, 5.41) is 10.8. The van der Waals surface area contributed by atoms with E-state index in [0.717, 1.165) is 50.5 Å². The summed E-state index contributed by atoms with van der Waals surface area (Å²) in [7, 11) is 0. The molecule has 184 valence electrons. The van der Waals surface area contributed by atoms with Crippen LogP contribution in [0.2, 0.25) is 0 Å². The molecule has 33 heavy (non-hydrogen) atoms. The Hall–Kier alpha value is -1.22. The number of aliphatic hydroxyl groups is 1. The average molecular weight is 455 g/mol. The minimum atomic E-state index is -0.441. The lowest BCUT2D eigenvalue weighted by molar-refractivity contribution is -0.141. The van der Waals surface area contributed by atoms with E-state index in [0.29, 0.717) is 30.5 Å². The van der Waals surface area contributed by atoms with Gasteiger partial charge in [-0.2, -0.15) is 0 Å². The van der Waals surface area contributed by atoms with Crippen LogP contribution in [0.3, 0.4) is 0 Å². The van der Waals surface area contributed by atoms with Crippen LogP contribution in [0.25, 0.3) is 0 Å². The number of carbonyl (C=O) groups is 2. The predicted molar refractivity (Wildman–Crippen MR) is 134 cm³/mol. The number of ketones is 2. The largest absolute Gasteiger partial charge is 0.393 e. The highest BCUT2D eigenvalue weighted by Crippen LogP contribution is 2.63. The van der Waals surface area contributed by atoms with Crippen molar-refractivity contribution in [3.8, 4) is 0 Å². The standard InChI is InChI=1S/C30H46O3/c1-18-9-12-23-27(3,4)25(32)13-15-29(23,7)20(18)10-11-21-19(2)22(31)17-24-28(5,6)26(33)14-16-30(21,24)8/h20,23-25,32H,1,9-17H2,2-8H3/t20-,23-,24-,25-,29+,30+/m0/s1. The van der Waals surface area contributed by atoms with E-state index in [1.807, 2.05) is 6.92 Å². The Morgan fingerprint density at radius 1 is 0.970 bits per heavy atom. The molecule has 0 heterocycles. The van der Waals surface area contributed by atoms with Crippen molar-refractivity contribution in [2.75, 3.05) is 0 Å². The second kappa shape index (κ2) is 7.90. The summed E-state index contributed by atoms with van der Waals surface area (Å²) in [4.78, 5) is 25.9. The molecule has 4 aliphatic carbocycles. The molecular formula is C30H46O3. The summed E-state index contributed by atoms with van der Waals surface area (Å²) in [5.41, 5.74) is 3.19. The number of allylic oxidation sites excluding steroid dienone is 3. The zero-order chi connectivity index (χ0) is 24.6. The van der Waals surface area contributed by atoms with Crippen LogP contribution in [-0.2, 0) is 9.59 Å². The molecule has 0 aliphatic heterocycles. The van der Waals surface area contributed by atoms with Crippen molar-refractivity contribution in [3.05, 3.63) is 23.3 Å².